The summed E-state index contributed by atoms with van der Waals surface area (Å²) in [5, 5.41) is -0.525. The van der Waals surface area contributed by atoms with Crippen molar-refractivity contribution in [3.63, 3.8) is 0 Å². The molecular weight excluding hydrogens is 397 g/mol. The Bertz CT molecular complexity index is 973. The van der Waals surface area contributed by atoms with Crippen molar-refractivity contribution in [1.82, 2.24) is 4.90 Å². The smallest absolute Gasteiger partial charge is 0.328 e. The van der Waals surface area contributed by atoms with E-state index in [1.807, 2.05) is 0 Å². The maximum absolute atomic E-state index is 13.0. The van der Waals surface area contributed by atoms with Gasteiger partial charge in [0.05, 0.1) is 12.0 Å². The number of amides is 2. The summed E-state index contributed by atoms with van der Waals surface area (Å²) >= 11 is 0.765. The van der Waals surface area contributed by atoms with Crippen LogP contribution < -0.4 is 4.74 Å². The molecule has 8 heteroatoms. The molecule has 0 bridgehead atoms. The molecule has 0 N–H and O–H groups in total. The van der Waals surface area contributed by atoms with E-state index in [1.165, 1.54) is 26.2 Å². The average Bonchev–Trinajstić information content (AvgIpc) is 2.99. The standard InChI is InChI=1S/C21H18FNO5S/c1-13(20(25)27-2)23-19(24)18(29-21(23)26)11-15-4-3-5-17(10-15)28-12-14-6-8-16(22)9-7-14/h3-11,13H,12H2,1-2H3/b18-11+/t13-/m0/s1. The van der Waals surface area contributed by atoms with Crippen LogP contribution in [0.3, 0.4) is 0 Å². The number of carbonyl (C=O) groups excluding carboxylic acids is 3. The van der Waals surface area contributed by atoms with Gasteiger partial charge in [-0.15, -0.1) is 0 Å². The molecule has 2 aromatic carbocycles. The van der Waals surface area contributed by atoms with Gasteiger partial charge in [0, 0.05) is 0 Å². The van der Waals surface area contributed by atoms with Crippen molar-refractivity contribution in [2.24, 2.45) is 0 Å². The molecule has 1 aliphatic heterocycles. The summed E-state index contributed by atoms with van der Waals surface area (Å²) in [6, 6.07) is 12.0. The lowest BCUT2D eigenvalue weighted by molar-refractivity contribution is -0.148. The fraction of sp³-hybridized carbons (Fsp3) is 0.190. The number of imide groups is 1. The molecule has 1 saturated heterocycles. The van der Waals surface area contributed by atoms with Gasteiger partial charge in [0.15, 0.2) is 0 Å². The Morgan fingerprint density at radius 1 is 1.21 bits per heavy atom. The van der Waals surface area contributed by atoms with Crippen LogP contribution in [0.1, 0.15) is 18.1 Å². The molecule has 1 atom stereocenters. The van der Waals surface area contributed by atoms with Crippen LogP contribution in [0.25, 0.3) is 6.08 Å². The highest BCUT2D eigenvalue weighted by Gasteiger charge is 2.41. The van der Waals surface area contributed by atoms with Crippen LogP contribution in [-0.2, 0) is 20.9 Å². The normalized spacial score (nSPS) is 16.2. The number of nitrogens with zero attached hydrogens (tertiary/aromatic N) is 1. The highest BCUT2D eigenvalue weighted by atomic mass is 32.2. The molecule has 1 heterocycles. The first-order chi connectivity index (χ1) is 13.9. The molecule has 1 aliphatic rings. The SMILES string of the molecule is COC(=O)[C@H](C)N1C(=O)S/C(=C/c2cccc(OCc3ccc(F)cc3)c2)C1=O. The lowest BCUT2D eigenvalue weighted by Crippen LogP contribution is -2.42. The number of hydrogen-bond acceptors (Lipinski definition) is 6. The van der Waals surface area contributed by atoms with Gasteiger partial charge in [0.1, 0.15) is 24.2 Å². The number of thioether (sulfide) groups is 1. The minimum absolute atomic E-state index is 0.210. The lowest BCUT2D eigenvalue weighted by atomic mass is 10.2. The lowest BCUT2D eigenvalue weighted by Gasteiger charge is -2.18. The first-order valence-electron chi connectivity index (χ1n) is 8.71. The number of esters is 1. The van der Waals surface area contributed by atoms with Crippen molar-refractivity contribution in [2.75, 3.05) is 7.11 Å². The summed E-state index contributed by atoms with van der Waals surface area (Å²) in [4.78, 5) is 37.5. The molecule has 2 aromatic rings. The highest BCUT2D eigenvalue weighted by Crippen LogP contribution is 2.34. The number of ether oxygens (including phenoxy) is 2. The molecule has 6 nitrogen and oxygen atoms in total. The van der Waals surface area contributed by atoms with E-state index in [4.69, 9.17) is 4.74 Å². The van der Waals surface area contributed by atoms with Crippen molar-refractivity contribution in [3.8, 4) is 5.75 Å². The van der Waals surface area contributed by atoms with E-state index in [9.17, 15) is 18.8 Å². The van der Waals surface area contributed by atoms with Crippen LogP contribution in [-0.4, -0.2) is 35.2 Å². The zero-order valence-corrected chi connectivity index (χ0v) is 16.6. The predicted molar refractivity (Wildman–Crippen MR) is 106 cm³/mol. The summed E-state index contributed by atoms with van der Waals surface area (Å²) in [6.07, 6.45) is 1.57. The minimum atomic E-state index is -0.997. The van der Waals surface area contributed by atoms with Crippen molar-refractivity contribution in [3.05, 3.63) is 70.4 Å². The Labute approximate surface area is 171 Å². The molecule has 0 saturated carbocycles. The van der Waals surface area contributed by atoms with Crippen LogP contribution in [0, 0.1) is 5.82 Å². The third kappa shape index (κ3) is 4.83. The molecule has 0 unspecified atom stereocenters. The summed E-state index contributed by atoms with van der Waals surface area (Å²) in [6.45, 7) is 1.70. The van der Waals surface area contributed by atoms with E-state index in [2.05, 4.69) is 4.74 Å². The molecule has 1 fully saturated rings. The molecule has 0 aliphatic carbocycles. The third-order valence-corrected chi connectivity index (χ3v) is 5.11. The van der Waals surface area contributed by atoms with E-state index in [0.29, 0.717) is 11.3 Å². The zero-order valence-electron chi connectivity index (χ0n) is 15.8. The van der Waals surface area contributed by atoms with E-state index in [1.54, 1.807) is 42.5 Å². The van der Waals surface area contributed by atoms with Gasteiger partial charge >= 0.3 is 5.97 Å². The van der Waals surface area contributed by atoms with Gasteiger partial charge in [0.25, 0.3) is 11.1 Å². The summed E-state index contributed by atoms with van der Waals surface area (Å²) in [7, 11) is 1.20. The van der Waals surface area contributed by atoms with E-state index in [0.717, 1.165) is 22.2 Å². The summed E-state index contributed by atoms with van der Waals surface area (Å²) in [5.74, 6) is -0.961. The largest absolute Gasteiger partial charge is 0.489 e. The number of halogens is 1. The second-order valence-corrected chi connectivity index (χ2v) is 7.23. The van der Waals surface area contributed by atoms with Crippen LogP contribution in [0.2, 0.25) is 0 Å². The maximum atomic E-state index is 13.0. The van der Waals surface area contributed by atoms with Crippen molar-refractivity contribution in [1.29, 1.82) is 0 Å². The van der Waals surface area contributed by atoms with Gasteiger partial charge < -0.3 is 9.47 Å². The highest BCUT2D eigenvalue weighted by molar-refractivity contribution is 8.18. The summed E-state index contributed by atoms with van der Waals surface area (Å²) in [5.41, 5.74) is 1.48. The molecule has 0 spiro atoms. The Balaban J connectivity index is 1.72. The zero-order chi connectivity index (χ0) is 21.0. The number of rotatable bonds is 6. The van der Waals surface area contributed by atoms with Crippen LogP contribution in [0.15, 0.2) is 53.4 Å². The van der Waals surface area contributed by atoms with Gasteiger partial charge in [-0.3, -0.25) is 14.5 Å². The molecule has 150 valence electrons. The number of carbonyl (C=O) groups is 3. The predicted octanol–water partition coefficient (Wildman–Crippen LogP) is 4.00. The van der Waals surface area contributed by atoms with Gasteiger partial charge in [-0.25, -0.2) is 9.18 Å². The molecule has 2 amide bonds. The Hall–Kier alpha value is -3.13. The number of benzene rings is 2. The minimum Gasteiger partial charge on any atom is -0.489 e. The van der Waals surface area contributed by atoms with Crippen molar-refractivity contribution < 1.29 is 28.2 Å². The molecule has 29 heavy (non-hydrogen) atoms. The van der Waals surface area contributed by atoms with Gasteiger partial charge in [0.2, 0.25) is 0 Å². The molecule has 3 rings (SSSR count). The third-order valence-electron chi connectivity index (χ3n) is 4.23. The first kappa shape index (κ1) is 20.6. The fourth-order valence-corrected chi connectivity index (χ4v) is 3.59. The maximum Gasteiger partial charge on any atom is 0.328 e. The van der Waals surface area contributed by atoms with E-state index < -0.39 is 23.2 Å². The summed E-state index contributed by atoms with van der Waals surface area (Å²) < 4.78 is 23.3. The van der Waals surface area contributed by atoms with E-state index >= 15 is 0 Å². The molecule has 0 aromatic heterocycles. The Morgan fingerprint density at radius 2 is 1.93 bits per heavy atom. The Kier molecular flexibility index (Phi) is 6.33. The first-order valence-corrected chi connectivity index (χ1v) is 9.53. The molecule has 0 radical (unpaired) electrons. The van der Waals surface area contributed by atoms with Crippen molar-refractivity contribution in [2.45, 2.75) is 19.6 Å². The molecular formula is C21H18FNO5S. The number of methoxy groups -OCH3 is 1. The second kappa shape index (κ2) is 8.91. The van der Waals surface area contributed by atoms with Crippen LogP contribution in [0.5, 0.6) is 5.75 Å². The average molecular weight is 415 g/mol. The topological polar surface area (TPSA) is 72.9 Å². The fourth-order valence-electron chi connectivity index (χ4n) is 2.68. The van der Waals surface area contributed by atoms with E-state index in [-0.39, 0.29) is 17.3 Å². The van der Waals surface area contributed by atoms with Gasteiger partial charge in [-0.1, -0.05) is 24.3 Å². The van der Waals surface area contributed by atoms with Crippen molar-refractivity contribution >= 4 is 35.0 Å². The number of hydrogen-bond donors (Lipinski definition) is 0. The van der Waals surface area contributed by atoms with Crippen LogP contribution in [0.4, 0.5) is 9.18 Å². The van der Waals surface area contributed by atoms with Crippen LogP contribution >= 0.6 is 11.8 Å². The monoisotopic (exact) mass is 415 g/mol. The van der Waals surface area contributed by atoms with Gasteiger partial charge in [-0.05, 0) is 60.2 Å². The Morgan fingerprint density at radius 3 is 2.62 bits per heavy atom. The van der Waals surface area contributed by atoms with Gasteiger partial charge in [-0.2, -0.15) is 0 Å². The quantitative estimate of drug-likeness (QED) is 0.525. The second-order valence-electron chi connectivity index (χ2n) is 6.24.